The monoisotopic (exact) mass is 172 g/mol. The van der Waals surface area contributed by atoms with E-state index in [0.29, 0.717) is 6.42 Å². The molecule has 0 aliphatic carbocycles. The first-order chi connectivity index (χ1) is 5.56. The highest BCUT2D eigenvalue weighted by Gasteiger charge is 2.47. The first kappa shape index (κ1) is 8.99. The smallest absolute Gasteiger partial charge is 0.326 e. The number of nitrogens with one attached hydrogen (secondary N) is 1. The lowest BCUT2D eigenvalue weighted by atomic mass is 9.98. The van der Waals surface area contributed by atoms with Crippen LogP contribution >= 0.6 is 0 Å². The van der Waals surface area contributed by atoms with Gasteiger partial charge in [0.2, 0.25) is 0 Å². The van der Waals surface area contributed by atoms with Crippen molar-refractivity contribution in [3.05, 3.63) is 0 Å². The Labute approximate surface area is 70.4 Å². The second kappa shape index (κ2) is 2.75. The standard InChI is InChI=1S/C7H12N2O3/c1-3-7(2)5(11)8-6(12)9(7)4-10/h10H,3-4H2,1-2H3,(H,8,11,12). The molecule has 1 rings (SSSR count). The summed E-state index contributed by atoms with van der Waals surface area (Å²) >= 11 is 0. The fourth-order valence-corrected chi connectivity index (χ4v) is 1.22. The van der Waals surface area contributed by atoms with E-state index in [0.717, 1.165) is 4.90 Å². The third kappa shape index (κ3) is 0.972. The summed E-state index contributed by atoms with van der Waals surface area (Å²) in [6.07, 6.45) is 0.491. The summed E-state index contributed by atoms with van der Waals surface area (Å²) in [7, 11) is 0. The van der Waals surface area contributed by atoms with Crippen LogP contribution in [-0.4, -0.2) is 34.2 Å². The number of hydrogen-bond donors (Lipinski definition) is 2. The molecule has 1 unspecified atom stereocenters. The van der Waals surface area contributed by atoms with Crippen LogP contribution in [0.5, 0.6) is 0 Å². The molecule has 0 aromatic carbocycles. The van der Waals surface area contributed by atoms with Gasteiger partial charge < -0.3 is 5.11 Å². The van der Waals surface area contributed by atoms with Gasteiger partial charge in [-0.3, -0.25) is 15.0 Å². The van der Waals surface area contributed by atoms with Crippen LogP contribution in [0.15, 0.2) is 0 Å². The first-order valence-corrected chi connectivity index (χ1v) is 3.80. The van der Waals surface area contributed by atoms with Crippen LogP contribution in [0.2, 0.25) is 0 Å². The number of nitrogens with zero attached hydrogens (tertiary/aromatic N) is 1. The van der Waals surface area contributed by atoms with Crippen molar-refractivity contribution in [2.45, 2.75) is 25.8 Å². The Balaban J connectivity index is 2.97. The zero-order valence-electron chi connectivity index (χ0n) is 7.13. The van der Waals surface area contributed by atoms with Crippen LogP contribution < -0.4 is 5.32 Å². The largest absolute Gasteiger partial charge is 0.376 e. The molecule has 0 aromatic rings. The Kier molecular flexibility index (Phi) is 2.06. The minimum absolute atomic E-state index is 0.343. The van der Waals surface area contributed by atoms with Gasteiger partial charge in [0.25, 0.3) is 5.91 Å². The number of carbonyl (C=O) groups is 2. The molecule has 2 N–H and O–H groups in total. The van der Waals surface area contributed by atoms with Crippen LogP contribution in [0.4, 0.5) is 4.79 Å². The van der Waals surface area contributed by atoms with Gasteiger partial charge in [-0.05, 0) is 13.3 Å². The topological polar surface area (TPSA) is 69.6 Å². The Morgan fingerprint density at radius 2 is 2.17 bits per heavy atom. The van der Waals surface area contributed by atoms with Gasteiger partial charge in [-0.15, -0.1) is 0 Å². The van der Waals surface area contributed by atoms with E-state index in [2.05, 4.69) is 5.32 Å². The number of aliphatic hydroxyl groups excluding tert-OH is 1. The Hall–Kier alpha value is -1.10. The third-order valence-electron chi connectivity index (χ3n) is 2.38. The second-order valence-electron chi connectivity index (χ2n) is 2.96. The van der Waals surface area contributed by atoms with Crippen LogP contribution in [0.25, 0.3) is 0 Å². The predicted molar refractivity (Wildman–Crippen MR) is 41.2 cm³/mol. The molecule has 0 bridgehead atoms. The highest BCUT2D eigenvalue weighted by molar-refractivity contribution is 6.06. The van der Waals surface area contributed by atoms with E-state index in [1.807, 2.05) is 0 Å². The number of aliphatic hydroxyl groups is 1. The fourth-order valence-electron chi connectivity index (χ4n) is 1.22. The zero-order valence-corrected chi connectivity index (χ0v) is 7.13. The molecule has 3 amide bonds. The lowest BCUT2D eigenvalue weighted by Gasteiger charge is -2.28. The van der Waals surface area contributed by atoms with Crippen LogP contribution in [0.1, 0.15) is 20.3 Å². The highest BCUT2D eigenvalue weighted by atomic mass is 16.3. The Morgan fingerprint density at radius 3 is 2.50 bits per heavy atom. The van der Waals surface area contributed by atoms with Gasteiger partial charge >= 0.3 is 6.03 Å². The molecule has 1 saturated heterocycles. The number of rotatable bonds is 2. The molecule has 1 aliphatic heterocycles. The maximum absolute atomic E-state index is 11.2. The van der Waals surface area contributed by atoms with Crippen molar-refractivity contribution in [3.8, 4) is 0 Å². The van der Waals surface area contributed by atoms with E-state index in [9.17, 15) is 9.59 Å². The van der Waals surface area contributed by atoms with Gasteiger partial charge in [-0.25, -0.2) is 4.79 Å². The molecule has 5 heteroatoms. The highest BCUT2D eigenvalue weighted by Crippen LogP contribution is 2.23. The molecule has 0 aromatic heterocycles. The minimum atomic E-state index is -0.883. The summed E-state index contributed by atoms with van der Waals surface area (Å²) in [5.74, 6) is -0.343. The molecule has 0 radical (unpaired) electrons. The van der Waals surface area contributed by atoms with Crippen molar-refractivity contribution in [3.63, 3.8) is 0 Å². The molecule has 12 heavy (non-hydrogen) atoms. The third-order valence-corrected chi connectivity index (χ3v) is 2.38. The van der Waals surface area contributed by atoms with E-state index in [1.54, 1.807) is 13.8 Å². The number of imide groups is 1. The van der Waals surface area contributed by atoms with Crippen LogP contribution in [0.3, 0.4) is 0 Å². The molecule has 68 valence electrons. The molecular weight excluding hydrogens is 160 g/mol. The van der Waals surface area contributed by atoms with Crippen LogP contribution in [0, 0.1) is 0 Å². The Morgan fingerprint density at radius 1 is 1.58 bits per heavy atom. The first-order valence-electron chi connectivity index (χ1n) is 3.80. The average molecular weight is 172 g/mol. The van der Waals surface area contributed by atoms with Gasteiger partial charge in [0, 0.05) is 0 Å². The van der Waals surface area contributed by atoms with E-state index in [4.69, 9.17) is 5.11 Å². The van der Waals surface area contributed by atoms with Gasteiger partial charge in [-0.1, -0.05) is 6.92 Å². The quantitative estimate of drug-likeness (QED) is 0.560. The van der Waals surface area contributed by atoms with E-state index >= 15 is 0 Å². The van der Waals surface area contributed by atoms with Gasteiger partial charge in [0.05, 0.1) is 0 Å². The lowest BCUT2D eigenvalue weighted by Crippen LogP contribution is -2.46. The Bertz CT molecular complexity index is 229. The average Bonchev–Trinajstić information content (AvgIpc) is 2.24. The van der Waals surface area contributed by atoms with E-state index in [1.165, 1.54) is 0 Å². The maximum Gasteiger partial charge on any atom is 0.326 e. The van der Waals surface area contributed by atoms with Gasteiger partial charge in [0.15, 0.2) is 0 Å². The zero-order chi connectivity index (χ0) is 9.35. The molecular formula is C7H12N2O3. The maximum atomic E-state index is 11.2. The number of amides is 3. The van der Waals surface area contributed by atoms with Crippen molar-refractivity contribution in [1.82, 2.24) is 10.2 Å². The molecule has 5 nitrogen and oxygen atoms in total. The normalized spacial score (nSPS) is 29.4. The molecule has 1 heterocycles. The molecule has 0 spiro atoms. The van der Waals surface area contributed by atoms with Crippen molar-refractivity contribution in [2.75, 3.05) is 6.73 Å². The summed E-state index contributed by atoms with van der Waals surface area (Å²) in [4.78, 5) is 23.4. The number of urea groups is 1. The summed E-state index contributed by atoms with van der Waals surface area (Å²) in [6.45, 7) is 2.99. The summed E-state index contributed by atoms with van der Waals surface area (Å²) in [5.41, 5.74) is -0.883. The fraction of sp³-hybridized carbons (Fsp3) is 0.714. The molecule has 1 aliphatic rings. The van der Waals surface area contributed by atoms with E-state index < -0.39 is 18.3 Å². The van der Waals surface area contributed by atoms with Gasteiger partial charge in [-0.2, -0.15) is 0 Å². The molecule has 0 saturated carbocycles. The van der Waals surface area contributed by atoms with Crippen molar-refractivity contribution in [1.29, 1.82) is 0 Å². The molecule has 1 fully saturated rings. The SMILES string of the molecule is CCC1(C)C(=O)NC(=O)N1CO. The van der Waals surface area contributed by atoms with E-state index in [-0.39, 0.29) is 5.91 Å². The van der Waals surface area contributed by atoms with Crippen LogP contribution in [-0.2, 0) is 4.79 Å². The second-order valence-corrected chi connectivity index (χ2v) is 2.96. The summed E-state index contributed by atoms with van der Waals surface area (Å²) in [5, 5.41) is 11.0. The summed E-state index contributed by atoms with van der Waals surface area (Å²) in [6, 6.07) is -0.521. The molecule has 1 atom stereocenters. The van der Waals surface area contributed by atoms with Gasteiger partial charge in [0.1, 0.15) is 12.3 Å². The van der Waals surface area contributed by atoms with Crippen molar-refractivity contribution >= 4 is 11.9 Å². The lowest BCUT2D eigenvalue weighted by molar-refractivity contribution is -0.127. The van der Waals surface area contributed by atoms with Crippen molar-refractivity contribution in [2.24, 2.45) is 0 Å². The van der Waals surface area contributed by atoms with Crippen molar-refractivity contribution < 1.29 is 14.7 Å². The number of hydrogen-bond acceptors (Lipinski definition) is 3. The number of carbonyl (C=O) groups excluding carboxylic acids is 2. The minimum Gasteiger partial charge on any atom is -0.376 e. The summed E-state index contributed by atoms with van der Waals surface area (Å²) < 4.78 is 0. The predicted octanol–water partition coefficient (Wildman–Crippen LogP) is -0.343.